The molecule has 0 fully saturated rings. The van der Waals surface area contributed by atoms with Crippen molar-refractivity contribution in [3.8, 4) is 5.75 Å². The number of amides is 1. The van der Waals surface area contributed by atoms with Gasteiger partial charge in [-0.05, 0) is 43.2 Å². The molecule has 0 spiro atoms. The van der Waals surface area contributed by atoms with E-state index in [1.807, 2.05) is 56.3 Å². The first kappa shape index (κ1) is 15.4. The van der Waals surface area contributed by atoms with E-state index in [0.717, 1.165) is 5.56 Å². The van der Waals surface area contributed by atoms with Crippen molar-refractivity contribution in [2.75, 3.05) is 5.32 Å². The van der Waals surface area contributed by atoms with E-state index >= 15 is 0 Å². The van der Waals surface area contributed by atoms with Crippen molar-refractivity contribution in [2.24, 2.45) is 0 Å². The summed E-state index contributed by atoms with van der Waals surface area (Å²) in [4.78, 5) is 12.3. The predicted octanol–water partition coefficient (Wildman–Crippen LogP) is 4.44. The van der Waals surface area contributed by atoms with E-state index in [2.05, 4.69) is 5.32 Å². The van der Waals surface area contributed by atoms with Crippen LogP contribution < -0.4 is 10.1 Å². The highest BCUT2D eigenvalue weighted by molar-refractivity contribution is 6.31. The number of benzene rings is 2. The Balaban J connectivity index is 2.04. The van der Waals surface area contributed by atoms with E-state index in [4.69, 9.17) is 16.3 Å². The van der Waals surface area contributed by atoms with Crippen LogP contribution in [0.1, 0.15) is 18.9 Å². The van der Waals surface area contributed by atoms with Gasteiger partial charge in [0.15, 0.2) is 6.10 Å². The van der Waals surface area contributed by atoms with Crippen LogP contribution in [0, 0.1) is 6.92 Å². The molecule has 0 aromatic heterocycles. The molecule has 1 amide bonds. The number of ether oxygens (including phenoxy) is 1. The van der Waals surface area contributed by atoms with Gasteiger partial charge in [-0.25, -0.2) is 0 Å². The SMILES string of the molecule is CCC(Oc1ccccc1)C(=O)Nc1ccc(C)c(Cl)c1. The molecule has 0 saturated heterocycles. The molecule has 1 unspecified atom stereocenters. The second kappa shape index (κ2) is 7.14. The van der Waals surface area contributed by atoms with E-state index in [1.54, 1.807) is 6.07 Å². The van der Waals surface area contributed by atoms with E-state index in [-0.39, 0.29) is 5.91 Å². The Morgan fingerprint density at radius 1 is 1.24 bits per heavy atom. The second-order valence-electron chi connectivity index (χ2n) is 4.78. The minimum Gasteiger partial charge on any atom is -0.481 e. The molecule has 0 aliphatic carbocycles. The highest BCUT2D eigenvalue weighted by Crippen LogP contribution is 2.21. The van der Waals surface area contributed by atoms with E-state index in [9.17, 15) is 4.79 Å². The molecule has 4 heteroatoms. The normalized spacial score (nSPS) is 11.8. The summed E-state index contributed by atoms with van der Waals surface area (Å²) < 4.78 is 5.71. The van der Waals surface area contributed by atoms with Crippen molar-refractivity contribution in [1.29, 1.82) is 0 Å². The monoisotopic (exact) mass is 303 g/mol. The van der Waals surface area contributed by atoms with Crippen molar-refractivity contribution in [3.05, 3.63) is 59.1 Å². The average Bonchev–Trinajstić information content (AvgIpc) is 2.49. The maximum Gasteiger partial charge on any atom is 0.265 e. The highest BCUT2D eigenvalue weighted by atomic mass is 35.5. The van der Waals surface area contributed by atoms with Gasteiger partial charge in [0, 0.05) is 10.7 Å². The Morgan fingerprint density at radius 3 is 2.57 bits per heavy atom. The standard InChI is InChI=1S/C17H18ClNO2/c1-3-16(21-14-7-5-4-6-8-14)17(20)19-13-10-9-12(2)15(18)11-13/h4-11,16H,3H2,1-2H3,(H,19,20). The summed E-state index contributed by atoms with van der Waals surface area (Å²) >= 11 is 6.06. The first-order valence-electron chi connectivity index (χ1n) is 6.89. The maximum absolute atomic E-state index is 12.3. The predicted molar refractivity (Wildman–Crippen MR) is 86.0 cm³/mol. The number of carbonyl (C=O) groups excluding carboxylic acids is 1. The summed E-state index contributed by atoms with van der Waals surface area (Å²) in [6, 6.07) is 14.8. The number of halogens is 1. The number of para-hydroxylation sites is 1. The van der Waals surface area contributed by atoms with Gasteiger partial charge in [-0.15, -0.1) is 0 Å². The molecule has 0 bridgehead atoms. The van der Waals surface area contributed by atoms with Gasteiger partial charge in [-0.3, -0.25) is 4.79 Å². The molecular formula is C17H18ClNO2. The number of nitrogens with one attached hydrogen (secondary N) is 1. The van der Waals surface area contributed by atoms with Crippen LogP contribution in [0.3, 0.4) is 0 Å². The van der Waals surface area contributed by atoms with Crippen LogP contribution in [0.25, 0.3) is 0 Å². The first-order chi connectivity index (χ1) is 10.1. The number of carbonyl (C=O) groups is 1. The first-order valence-corrected chi connectivity index (χ1v) is 7.26. The summed E-state index contributed by atoms with van der Waals surface area (Å²) in [7, 11) is 0. The van der Waals surface area contributed by atoms with Crippen molar-refractivity contribution in [3.63, 3.8) is 0 Å². The Bertz CT molecular complexity index is 613. The third-order valence-corrected chi connectivity index (χ3v) is 3.53. The smallest absolute Gasteiger partial charge is 0.265 e. The topological polar surface area (TPSA) is 38.3 Å². The third kappa shape index (κ3) is 4.23. The number of rotatable bonds is 5. The van der Waals surface area contributed by atoms with E-state index in [0.29, 0.717) is 22.9 Å². The van der Waals surface area contributed by atoms with Gasteiger partial charge in [0.2, 0.25) is 0 Å². The molecule has 2 aromatic rings. The Hall–Kier alpha value is -2.00. The number of hydrogen-bond donors (Lipinski definition) is 1. The number of anilines is 1. The minimum absolute atomic E-state index is 0.179. The minimum atomic E-state index is -0.535. The average molecular weight is 304 g/mol. The van der Waals surface area contributed by atoms with Crippen LogP contribution in [0.15, 0.2) is 48.5 Å². The Morgan fingerprint density at radius 2 is 1.95 bits per heavy atom. The maximum atomic E-state index is 12.3. The fraction of sp³-hybridized carbons (Fsp3) is 0.235. The largest absolute Gasteiger partial charge is 0.481 e. The summed E-state index contributed by atoms with van der Waals surface area (Å²) in [5.74, 6) is 0.503. The molecule has 0 saturated carbocycles. The third-order valence-electron chi connectivity index (χ3n) is 3.12. The lowest BCUT2D eigenvalue weighted by Gasteiger charge is -2.17. The molecule has 0 radical (unpaired) electrons. The molecule has 110 valence electrons. The van der Waals surface area contributed by atoms with Crippen LogP contribution in [-0.4, -0.2) is 12.0 Å². The van der Waals surface area contributed by atoms with Crippen LogP contribution in [0.5, 0.6) is 5.75 Å². The molecule has 0 aliphatic heterocycles. The lowest BCUT2D eigenvalue weighted by atomic mass is 10.2. The lowest BCUT2D eigenvalue weighted by Crippen LogP contribution is -2.32. The Labute approximate surface area is 129 Å². The van der Waals surface area contributed by atoms with Gasteiger partial charge in [-0.1, -0.05) is 42.8 Å². The van der Waals surface area contributed by atoms with Crippen molar-refractivity contribution >= 4 is 23.2 Å². The van der Waals surface area contributed by atoms with Crippen molar-refractivity contribution in [2.45, 2.75) is 26.4 Å². The molecule has 0 heterocycles. The fourth-order valence-electron chi connectivity index (χ4n) is 1.88. The highest BCUT2D eigenvalue weighted by Gasteiger charge is 2.18. The summed E-state index contributed by atoms with van der Waals surface area (Å²) in [6.45, 7) is 3.83. The molecule has 1 N–H and O–H groups in total. The van der Waals surface area contributed by atoms with Gasteiger partial charge in [-0.2, -0.15) is 0 Å². The lowest BCUT2D eigenvalue weighted by molar-refractivity contribution is -0.122. The van der Waals surface area contributed by atoms with Gasteiger partial charge in [0.1, 0.15) is 5.75 Å². The quantitative estimate of drug-likeness (QED) is 0.886. The summed E-state index contributed by atoms with van der Waals surface area (Å²) in [6.07, 6.45) is 0.0489. The zero-order valence-corrected chi connectivity index (χ0v) is 12.9. The zero-order chi connectivity index (χ0) is 15.2. The van der Waals surface area contributed by atoms with Crippen molar-refractivity contribution < 1.29 is 9.53 Å². The number of aryl methyl sites for hydroxylation is 1. The van der Waals surface area contributed by atoms with E-state index < -0.39 is 6.10 Å². The molecule has 1 atom stereocenters. The summed E-state index contributed by atoms with van der Waals surface area (Å²) in [5, 5.41) is 3.46. The van der Waals surface area contributed by atoms with Gasteiger partial charge < -0.3 is 10.1 Å². The van der Waals surface area contributed by atoms with Gasteiger partial charge in [0.25, 0.3) is 5.91 Å². The van der Waals surface area contributed by atoms with Crippen LogP contribution in [0.2, 0.25) is 5.02 Å². The van der Waals surface area contributed by atoms with Crippen molar-refractivity contribution in [1.82, 2.24) is 0 Å². The molecular weight excluding hydrogens is 286 g/mol. The summed E-state index contributed by atoms with van der Waals surface area (Å²) in [5.41, 5.74) is 1.65. The van der Waals surface area contributed by atoms with Gasteiger partial charge in [0.05, 0.1) is 0 Å². The fourth-order valence-corrected chi connectivity index (χ4v) is 2.06. The van der Waals surface area contributed by atoms with Crippen LogP contribution in [-0.2, 0) is 4.79 Å². The van der Waals surface area contributed by atoms with Crippen LogP contribution >= 0.6 is 11.6 Å². The molecule has 21 heavy (non-hydrogen) atoms. The van der Waals surface area contributed by atoms with Gasteiger partial charge >= 0.3 is 0 Å². The van der Waals surface area contributed by atoms with E-state index in [1.165, 1.54) is 0 Å². The molecule has 3 nitrogen and oxygen atoms in total. The molecule has 0 aliphatic rings. The molecule has 2 aromatic carbocycles. The Kier molecular flexibility index (Phi) is 5.23. The second-order valence-corrected chi connectivity index (χ2v) is 5.19. The van der Waals surface area contributed by atoms with Crippen LogP contribution in [0.4, 0.5) is 5.69 Å². The zero-order valence-electron chi connectivity index (χ0n) is 12.1. The number of hydrogen-bond acceptors (Lipinski definition) is 2. The molecule has 2 rings (SSSR count).